The number of carbonyl (C=O) groups excluding carboxylic acids is 2. The summed E-state index contributed by atoms with van der Waals surface area (Å²) in [7, 11) is 0. The van der Waals surface area contributed by atoms with Crippen molar-refractivity contribution >= 4 is 23.1 Å². The zero-order valence-electron chi connectivity index (χ0n) is 18.8. The first-order valence-electron chi connectivity index (χ1n) is 11.0. The minimum Gasteiger partial charge on any atom is -0.463 e. The Morgan fingerprint density at radius 3 is 2.00 bits per heavy atom. The number of ether oxygens (including phenoxy) is 1. The molecule has 3 aromatic rings. The topological polar surface area (TPSA) is 46.6 Å². The largest absolute Gasteiger partial charge is 0.463 e. The fourth-order valence-corrected chi connectivity index (χ4v) is 3.67. The van der Waals surface area contributed by atoms with Gasteiger partial charge in [-0.15, -0.1) is 0 Å². The highest BCUT2D eigenvalue weighted by Crippen LogP contribution is 2.30. The van der Waals surface area contributed by atoms with Gasteiger partial charge in [0.15, 0.2) is 0 Å². The third-order valence-electron chi connectivity index (χ3n) is 5.38. The molecule has 3 aromatic carbocycles. The smallest absolute Gasteiger partial charge is 0.331 e. The first-order chi connectivity index (χ1) is 15.5. The SMILES string of the molecule is CCOC(=O)/C=C(\CC)c1ccc(N(C(=O)c2ccccc2)C(C)c2ccccc2)cc1. The maximum absolute atomic E-state index is 13.5. The summed E-state index contributed by atoms with van der Waals surface area (Å²) in [6.45, 7) is 6.17. The summed E-state index contributed by atoms with van der Waals surface area (Å²) in [6.07, 6.45) is 2.24. The number of hydrogen-bond donors (Lipinski definition) is 0. The molecule has 0 radical (unpaired) electrons. The third kappa shape index (κ3) is 5.52. The molecule has 4 nitrogen and oxygen atoms in total. The lowest BCUT2D eigenvalue weighted by atomic mass is 10.0. The number of hydrogen-bond acceptors (Lipinski definition) is 3. The van der Waals surface area contributed by atoms with Crippen molar-refractivity contribution < 1.29 is 14.3 Å². The third-order valence-corrected chi connectivity index (χ3v) is 5.38. The van der Waals surface area contributed by atoms with Crippen molar-refractivity contribution in [3.05, 3.63) is 108 Å². The maximum atomic E-state index is 13.5. The number of rotatable bonds is 8. The first kappa shape index (κ1) is 23.0. The summed E-state index contributed by atoms with van der Waals surface area (Å²) < 4.78 is 5.05. The standard InChI is InChI=1S/C28H29NO3/c1-4-22(20-27(30)32-5-2)24-16-18-26(19-17-24)29(21(3)23-12-8-6-9-13-23)28(31)25-14-10-7-11-15-25/h6-21H,4-5H2,1-3H3/b22-20+. The average molecular weight is 428 g/mol. The molecule has 1 amide bonds. The van der Waals surface area contributed by atoms with Crippen molar-refractivity contribution in [2.45, 2.75) is 33.2 Å². The molecule has 0 aliphatic heterocycles. The van der Waals surface area contributed by atoms with Crippen LogP contribution in [-0.2, 0) is 9.53 Å². The second-order valence-electron chi connectivity index (χ2n) is 7.45. The van der Waals surface area contributed by atoms with Gasteiger partial charge in [0.2, 0.25) is 0 Å². The highest BCUT2D eigenvalue weighted by molar-refractivity contribution is 6.06. The normalized spacial score (nSPS) is 12.2. The van der Waals surface area contributed by atoms with E-state index in [2.05, 4.69) is 0 Å². The Bertz CT molecular complexity index is 1060. The second-order valence-corrected chi connectivity index (χ2v) is 7.45. The van der Waals surface area contributed by atoms with Crippen molar-refractivity contribution in [3.63, 3.8) is 0 Å². The van der Waals surface area contributed by atoms with Crippen molar-refractivity contribution in [3.8, 4) is 0 Å². The lowest BCUT2D eigenvalue weighted by Gasteiger charge is -2.30. The lowest BCUT2D eigenvalue weighted by Crippen LogP contribution is -2.33. The van der Waals surface area contributed by atoms with Gasteiger partial charge in [0.05, 0.1) is 12.6 Å². The second kappa shape index (κ2) is 11.1. The molecular weight excluding hydrogens is 398 g/mol. The summed E-state index contributed by atoms with van der Waals surface area (Å²) in [5, 5.41) is 0. The Kier molecular flexibility index (Phi) is 7.98. The van der Waals surface area contributed by atoms with Crippen LogP contribution in [0.1, 0.15) is 54.7 Å². The van der Waals surface area contributed by atoms with E-state index in [4.69, 9.17) is 4.74 Å². The number of esters is 1. The van der Waals surface area contributed by atoms with Crippen LogP contribution < -0.4 is 4.90 Å². The monoisotopic (exact) mass is 427 g/mol. The summed E-state index contributed by atoms with van der Waals surface area (Å²) in [6, 6.07) is 26.9. The number of carbonyl (C=O) groups is 2. The first-order valence-corrected chi connectivity index (χ1v) is 11.0. The van der Waals surface area contributed by atoms with E-state index < -0.39 is 0 Å². The van der Waals surface area contributed by atoms with E-state index in [1.807, 2.05) is 104 Å². The van der Waals surface area contributed by atoms with E-state index in [9.17, 15) is 9.59 Å². The molecule has 0 aliphatic rings. The molecule has 0 heterocycles. The van der Waals surface area contributed by atoms with E-state index in [1.54, 1.807) is 6.92 Å². The maximum Gasteiger partial charge on any atom is 0.331 e. The summed E-state index contributed by atoms with van der Waals surface area (Å²) >= 11 is 0. The van der Waals surface area contributed by atoms with Crippen LogP contribution in [0.25, 0.3) is 5.57 Å². The average Bonchev–Trinajstić information content (AvgIpc) is 2.84. The van der Waals surface area contributed by atoms with Crippen LogP contribution in [0.3, 0.4) is 0 Å². The molecule has 0 N–H and O–H groups in total. The molecule has 164 valence electrons. The molecule has 0 saturated heterocycles. The molecule has 0 saturated carbocycles. The van der Waals surface area contributed by atoms with E-state index in [0.717, 1.165) is 22.4 Å². The molecular formula is C28H29NO3. The van der Waals surface area contributed by atoms with Gasteiger partial charge in [0.25, 0.3) is 5.91 Å². The Hall–Kier alpha value is -3.66. The molecule has 4 heteroatoms. The molecule has 0 fully saturated rings. The summed E-state index contributed by atoms with van der Waals surface area (Å²) in [4.78, 5) is 27.2. The number of anilines is 1. The van der Waals surface area contributed by atoms with Crippen molar-refractivity contribution in [1.29, 1.82) is 0 Å². The lowest BCUT2D eigenvalue weighted by molar-refractivity contribution is -0.137. The van der Waals surface area contributed by atoms with E-state index in [-0.39, 0.29) is 17.9 Å². The molecule has 0 bridgehead atoms. The van der Waals surface area contributed by atoms with Crippen LogP contribution in [-0.4, -0.2) is 18.5 Å². The number of allylic oxidation sites excluding steroid dienone is 1. The van der Waals surface area contributed by atoms with Gasteiger partial charge in [-0.1, -0.05) is 67.6 Å². The Labute approximate surface area is 190 Å². The number of nitrogens with zero attached hydrogens (tertiary/aromatic N) is 1. The summed E-state index contributed by atoms with van der Waals surface area (Å²) in [5.74, 6) is -0.403. The van der Waals surface area contributed by atoms with Gasteiger partial charge in [-0.2, -0.15) is 0 Å². The fourth-order valence-electron chi connectivity index (χ4n) is 3.67. The predicted octanol–water partition coefficient (Wildman–Crippen LogP) is 6.45. The Morgan fingerprint density at radius 1 is 0.844 bits per heavy atom. The van der Waals surface area contributed by atoms with Crippen LogP contribution in [0, 0.1) is 0 Å². The highest BCUT2D eigenvalue weighted by Gasteiger charge is 2.24. The van der Waals surface area contributed by atoms with Crippen molar-refractivity contribution in [1.82, 2.24) is 0 Å². The van der Waals surface area contributed by atoms with Crippen LogP contribution in [0.15, 0.2) is 91.0 Å². The van der Waals surface area contributed by atoms with Crippen LogP contribution in [0.4, 0.5) is 5.69 Å². The molecule has 0 aliphatic carbocycles. The zero-order chi connectivity index (χ0) is 22.9. The number of amides is 1. The van der Waals surface area contributed by atoms with E-state index >= 15 is 0 Å². The molecule has 0 spiro atoms. The molecule has 32 heavy (non-hydrogen) atoms. The predicted molar refractivity (Wildman–Crippen MR) is 129 cm³/mol. The minimum atomic E-state index is -0.341. The molecule has 3 rings (SSSR count). The molecule has 1 unspecified atom stereocenters. The van der Waals surface area contributed by atoms with Crippen molar-refractivity contribution in [2.24, 2.45) is 0 Å². The van der Waals surface area contributed by atoms with Gasteiger partial charge in [0, 0.05) is 17.3 Å². The zero-order valence-corrected chi connectivity index (χ0v) is 18.8. The van der Waals surface area contributed by atoms with Gasteiger partial charge >= 0.3 is 5.97 Å². The Balaban J connectivity index is 1.98. The van der Waals surface area contributed by atoms with E-state index in [1.165, 1.54) is 6.08 Å². The molecule has 0 aromatic heterocycles. The Morgan fingerprint density at radius 2 is 1.44 bits per heavy atom. The van der Waals surface area contributed by atoms with Gasteiger partial charge in [0.1, 0.15) is 0 Å². The van der Waals surface area contributed by atoms with Crippen LogP contribution in [0.2, 0.25) is 0 Å². The van der Waals surface area contributed by atoms with Crippen LogP contribution in [0.5, 0.6) is 0 Å². The van der Waals surface area contributed by atoms with Gasteiger partial charge in [-0.3, -0.25) is 4.79 Å². The quantitative estimate of drug-likeness (QED) is 0.306. The van der Waals surface area contributed by atoms with Gasteiger partial charge < -0.3 is 9.64 Å². The fraction of sp³-hybridized carbons (Fsp3) is 0.214. The van der Waals surface area contributed by atoms with E-state index in [0.29, 0.717) is 18.6 Å². The van der Waals surface area contributed by atoms with Crippen LogP contribution >= 0.6 is 0 Å². The van der Waals surface area contributed by atoms with Gasteiger partial charge in [-0.05, 0) is 61.2 Å². The number of benzene rings is 3. The summed E-state index contributed by atoms with van der Waals surface area (Å²) in [5.41, 5.74) is 4.31. The van der Waals surface area contributed by atoms with Gasteiger partial charge in [-0.25, -0.2) is 4.79 Å². The molecule has 1 atom stereocenters. The minimum absolute atomic E-state index is 0.0625. The highest BCUT2D eigenvalue weighted by atomic mass is 16.5. The van der Waals surface area contributed by atoms with Crippen molar-refractivity contribution in [2.75, 3.05) is 11.5 Å².